The van der Waals surface area contributed by atoms with Gasteiger partial charge in [-0.1, -0.05) is 25.1 Å². The maximum Gasteiger partial charge on any atom is 0.253 e. The molecule has 5 heteroatoms. The molecule has 1 aromatic carbocycles. The van der Waals surface area contributed by atoms with Crippen LogP contribution in [0.1, 0.15) is 34.4 Å². The molecule has 1 aromatic heterocycles. The number of hydrogen-bond donors (Lipinski definition) is 0. The zero-order valence-electron chi connectivity index (χ0n) is 13.6. The van der Waals surface area contributed by atoms with Crippen LogP contribution in [-0.2, 0) is 13.0 Å². The van der Waals surface area contributed by atoms with E-state index in [4.69, 9.17) is 0 Å². The highest BCUT2D eigenvalue weighted by atomic mass is 32.1. The van der Waals surface area contributed by atoms with Gasteiger partial charge in [-0.05, 0) is 25.0 Å². The van der Waals surface area contributed by atoms with Crippen LogP contribution >= 0.6 is 11.3 Å². The Labute approximate surface area is 141 Å². The van der Waals surface area contributed by atoms with E-state index in [0.29, 0.717) is 0 Å². The van der Waals surface area contributed by atoms with Gasteiger partial charge in [-0.2, -0.15) is 0 Å². The molecule has 0 spiro atoms. The van der Waals surface area contributed by atoms with E-state index in [2.05, 4.69) is 22.2 Å². The van der Waals surface area contributed by atoms with Gasteiger partial charge in [0.25, 0.3) is 5.91 Å². The lowest BCUT2D eigenvalue weighted by atomic mass is 10.2. The summed E-state index contributed by atoms with van der Waals surface area (Å²) in [4.78, 5) is 21.6. The molecular weight excluding hydrogens is 306 g/mol. The molecule has 3 rings (SSSR count). The molecule has 0 bridgehead atoms. The average Bonchev–Trinajstić information content (AvgIpc) is 2.92. The summed E-state index contributed by atoms with van der Waals surface area (Å²) in [6.45, 7) is 6.60. The number of nitrogens with zero attached hydrogens (tertiary/aromatic N) is 3. The van der Waals surface area contributed by atoms with Crippen LogP contribution in [0.5, 0.6) is 0 Å². The highest BCUT2D eigenvalue weighted by molar-refractivity contribution is 7.09. The van der Waals surface area contributed by atoms with Crippen molar-refractivity contribution in [1.82, 2.24) is 14.8 Å². The Balaban J connectivity index is 1.57. The van der Waals surface area contributed by atoms with Gasteiger partial charge in [-0.15, -0.1) is 11.3 Å². The third kappa shape index (κ3) is 4.18. The van der Waals surface area contributed by atoms with Gasteiger partial charge in [0.15, 0.2) is 0 Å². The molecule has 122 valence electrons. The molecule has 2 aromatic rings. The maximum atomic E-state index is 12.6. The second-order valence-electron chi connectivity index (χ2n) is 5.87. The van der Waals surface area contributed by atoms with Crippen LogP contribution in [0.15, 0.2) is 35.7 Å². The first kappa shape index (κ1) is 16.1. The van der Waals surface area contributed by atoms with Crippen molar-refractivity contribution in [2.45, 2.75) is 26.3 Å². The lowest BCUT2D eigenvalue weighted by molar-refractivity contribution is 0.0761. The fourth-order valence-electron chi connectivity index (χ4n) is 2.91. The van der Waals surface area contributed by atoms with Crippen LogP contribution in [0.3, 0.4) is 0 Å². The number of aryl methyl sites for hydroxylation is 1. The number of rotatable bonds is 4. The third-order valence-corrected chi connectivity index (χ3v) is 5.23. The predicted molar refractivity (Wildman–Crippen MR) is 93.7 cm³/mol. The SMILES string of the molecule is CCc1nc(CN2CCCN(C(=O)c3ccccc3)CC2)cs1. The first-order chi connectivity index (χ1) is 11.3. The zero-order chi connectivity index (χ0) is 16.1. The molecule has 4 nitrogen and oxygen atoms in total. The van der Waals surface area contributed by atoms with E-state index < -0.39 is 0 Å². The zero-order valence-corrected chi connectivity index (χ0v) is 14.4. The maximum absolute atomic E-state index is 12.6. The molecule has 1 fully saturated rings. The van der Waals surface area contributed by atoms with E-state index >= 15 is 0 Å². The summed E-state index contributed by atoms with van der Waals surface area (Å²) in [5.41, 5.74) is 1.95. The summed E-state index contributed by atoms with van der Waals surface area (Å²) >= 11 is 1.74. The highest BCUT2D eigenvalue weighted by Crippen LogP contribution is 2.14. The summed E-state index contributed by atoms with van der Waals surface area (Å²) in [5.74, 6) is 0.148. The molecule has 1 aliphatic rings. The quantitative estimate of drug-likeness (QED) is 0.865. The van der Waals surface area contributed by atoms with Gasteiger partial charge in [-0.25, -0.2) is 4.98 Å². The summed E-state index contributed by atoms with van der Waals surface area (Å²) in [6, 6.07) is 9.58. The van der Waals surface area contributed by atoms with Crippen molar-refractivity contribution in [3.05, 3.63) is 52.0 Å². The summed E-state index contributed by atoms with van der Waals surface area (Å²) in [7, 11) is 0. The fourth-order valence-corrected chi connectivity index (χ4v) is 3.64. The van der Waals surface area contributed by atoms with Gasteiger partial charge >= 0.3 is 0 Å². The molecule has 1 amide bonds. The molecule has 0 atom stereocenters. The Hall–Kier alpha value is -1.72. The Bertz CT molecular complexity index is 641. The van der Waals surface area contributed by atoms with Crippen molar-refractivity contribution in [2.24, 2.45) is 0 Å². The third-order valence-electron chi connectivity index (χ3n) is 4.18. The molecule has 0 N–H and O–H groups in total. The minimum atomic E-state index is 0.148. The number of thiazole rings is 1. The Morgan fingerprint density at radius 1 is 1.17 bits per heavy atom. The number of amides is 1. The molecule has 23 heavy (non-hydrogen) atoms. The Kier molecular flexibility index (Phi) is 5.41. The van der Waals surface area contributed by atoms with Crippen molar-refractivity contribution < 1.29 is 4.79 Å². The standard InChI is InChI=1S/C18H23N3OS/c1-2-17-19-16(14-23-17)13-20-9-6-10-21(12-11-20)18(22)15-7-4-3-5-8-15/h3-5,7-8,14H,2,6,9-13H2,1H3. The van der Waals surface area contributed by atoms with Crippen molar-refractivity contribution in [1.29, 1.82) is 0 Å². The van der Waals surface area contributed by atoms with E-state index in [9.17, 15) is 4.79 Å². The average molecular weight is 329 g/mol. The Morgan fingerprint density at radius 3 is 2.74 bits per heavy atom. The molecule has 1 aliphatic heterocycles. The van der Waals surface area contributed by atoms with Gasteiger partial charge in [0.1, 0.15) is 0 Å². The van der Waals surface area contributed by atoms with Crippen LogP contribution in [0.25, 0.3) is 0 Å². The van der Waals surface area contributed by atoms with Crippen molar-refractivity contribution in [3.8, 4) is 0 Å². The van der Waals surface area contributed by atoms with Gasteiger partial charge in [-0.3, -0.25) is 9.69 Å². The predicted octanol–water partition coefficient (Wildman–Crippen LogP) is 3.05. The minimum absolute atomic E-state index is 0.148. The number of aromatic nitrogens is 1. The smallest absolute Gasteiger partial charge is 0.253 e. The summed E-state index contributed by atoms with van der Waals surface area (Å²) < 4.78 is 0. The minimum Gasteiger partial charge on any atom is -0.337 e. The van der Waals surface area contributed by atoms with Crippen LogP contribution in [0, 0.1) is 0 Å². The van der Waals surface area contributed by atoms with Gasteiger partial charge in [0, 0.05) is 43.7 Å². The van der Waals surface area contributed by atoms with Gasteiger partial charge in [0.2, 0.25) is 0 Å². The monoisotopic (exact) mass is 329 g/mol. The lowest BCUT2D eigenvalue weighted by Crippen LogP contribution is -2.35. The molecule has 0 unspecified atom stereocenters. The molecule has 0 saturated carbocycles. The number of carbonyl (C=O) groups excluding carboxylic acids is 1. The molecule has 0 radical (unpaired) electrons. The van der Waals surface area contributed by atoms with Crippen LogP contribution in [0.4, 0.5) is 0 Å². The van der Waals surface area contributed by atoms with Gasteiger partial charge < -0.3 is 4.90 Å². The van der Waals surface area contributed by atoms with Crippen molar-refractivity contribution >= 4 is 17.2 Å². The number of carbonyl (C=O) groups is 1. The second kappa shape index (κ2) is 7.70. The van der Waals surface area contributed by atoms with Crippen LogP contribution < -0.4 is 0 Å². The molecule has 0 aliphatic carbocycles. The summed E-state index contributed by atoms with van der Waals surface area (Å²) in [5, 5.41) is 3.37. The summed E-state index contributed by atoms with van der Waals surface area (Å²) in [6.07, 6.45) is 2.02. The molecular formula is C18H23N3OS. The normalized spacial score (nSPS) is 16.3. The first-order valence-corrected chi connectivity index (χ1v) is 9.14. The first-order valence-electron chi connectivity index (χ1n) is 8.26. The number of hydrogen-bond acceptors (Lipinski definition) is 4. The van der Waals surface area contributed by atoms with Gasteiger partial charge in [0.05, 0.1) is 10.7 Å². The molecule has 2 heterocycles. The molecule has 1 saturated heterocycles. The fraction of sp³-hybridized carbons (Fsp3) is 0.444. The van der Waals surface area contributed by atoms with E-state index in [1.165, 1.54) is 5.01 Å². The van der Waals surface area contributed by atoms with Crippen LogP contribution in [0.2, 0.25) is 0 Å². The lowest BCUT2D eigenvalue weighted by Gasteiger charge is -2.21. The second-order valence-corrected chi connectivity index (χ2v) is 6.82. The highest BCUT2D eigenvalue weighted by Gasteiger charge is 2.20. The topological polar surface area (TPSA) is 36.4 Å². The van der Waals surface area contributed by atoms with E-state index in [1.54, 1.807) is 11.3 Å². The van der Waals surface area contributed by atoms with Crippen molar-refractivity contribution in [2.75, 3.05) is 26.2 Å². The van der Waals surface area contributed by atoms with E-state index in [-0.39, 0.29) is 5.91 Å². The largest absolute Gasteiger partial charge is 0.337 e. The van der Waals surface area contributed by atoms with E-state index in [1.807, 2.05) is 35.2 Å². The number of benzene rings is 1. The van der Waals surface area contributed by atoms with Crippen LogP contribution in [-0.4, -0.2) is 46.9 Å². The van der Waals surface area contributed by atoms with E-state index in [0.717, 1.165) is 56.8 Å². The van der Waals surface area contributed by atoms with Crippen molar-refractivity contribution in [3.63, 3.8) is 0 Å². The Morgan fingerprint density at radius 2 is 2.00 bits per heavy atom.